The van der Waals surface area contributed by atoms with Crippen molar-refractivity contribution >= 4 is 27.5 Å². The van der Waals surface area contributed by atoms with Gasteiger partial charge in [-0.05, 0) is 48.9 Å². The van der Waals surface area contributed by atoms with Crippen molar-refractivity contribution < 1.29 is 4.79 Å². The van der Waals surface area contributed by atoms with Crippen LogP contribution in [0, 0.1) is 5.92 Å². The first kappa shape index (κ1) is 14.5. The lowest BCUT2D eigenvalue weighted by atomic mass is 9.99. The zero-order valence-corrected chi connectivity index (χ0v) is 12.9. The number of rotatable bonds is 4. The van der Waals surface area contributed by atoms with E-state index in [-0.39, 0.29) is 11.9 Å². The molecule has 1 aliphatic carbocycles. The molecule has 1 aromatic carbocycles. The monoisotopic (exact) mass is 324 g/mol. The molecule has 0 heterocycles. The van der Waals surface area contributed by atoms with Crippen LogP contribution in [0.25, 0.3) is 0 Å². The summed E-state index contributed by atoms with van der Waals surface area (Å²) in [7, 11) is 0. The van der Waals surface area contributed by atoms with Gasteiger partial charge in [-0.25, -0.2) is 0 Å². The van der Waals surface area contributed by atoms with Crippen LogP contribution in [-0.4, -0.2) is 11.9 Å². The van der Waals surface area contributed by atoms with Crippen molar-refractivity contribution in [3.05, 3.63) is 28.2 Å². The molecule has 0 spiro atoms. The summed E-state index contributed by atoms with van der Waals surface area (Å²) in [5, 5.41) is 3.02. The summed E-state index contributed by atoms with van der Waals surface area (Å²) in [4.78, 5) is 12.1. The Kier molecular flexibility index (Phi) is 4.99. The highest BCUT2D eigenvalue weighted by molar-refractivity contribution is 9.10. The van der Waals surface area contributed by atoms with Gasteiger partial charge in [0.1, 0.15) is 0 Å². The molecule has 0 bridgehead atoms. The predicted octanol–water partition coefficient (Wildman–Crippen LogP) is 3.47. The third-order valence-corrected chi connectivity index (χ3v) is 4.38. The lowest BCUT2D eigenvalue weighted by Crippen LogP contribution is -2.28. The molecular weight excluding hydrogens is 304 g/mol. The smallest absolute Gasteiger partial charge is 0.224 e. The molecule has 0 saturated heterocycles. The van der Waals surface area contributed by atoms with Gasteiger partial charge in [0.05, 0.1) is 0 Å². The Balaban J connectivity index is 1.98. The summed E-state index contributed by atoms with van der Waals surface area (Å²) in [5.41, 5.74) is 8.08. The lowest BCUT2D eigenvalue weighted by molar-refractivity contribution is -0.117. The van der Waals surface area contributed by atoms with Crippen LogP contribution in [-0.2, 0) is 11.2 Å². The first-order chi connectivity index (χ1) is 9.10. The van der Waals surface area contributed by atoms with Crippen LogP contribution < -0.4 is 11.1 Å². The van der Waals surface area contributed by atoms with Crippen molar-refractivity contribution in [2.75, 3.05) is 5.32 Å². The fraction of sp³-hybridized carbons (Fsp3) is 0.533. The van der Waals surface area contributed by atoms with E-state index in [1.54, 1.807) is 0 Å². The van der Waals surface area contributed by atoms with Gasteiger partial charge in [-0.1, -0.05) is 29.3 Å². The van der Waals surface area contributed by atoms with E-state index in [0.717, 1.165) is 41.4 Å². The van der Waals surface area contributed by atoms with Crippen molar-refractivity contribution in [2.45, 2.75) is 45.1 Å². The molecule has 104 valence electrons. The van der Waals surface area contributed by atoms with E-state index in [0.29, 0.717) is 12.3 Å². The molecule has 3 N–H and O–H groups in total. The number of aryl methyl sites for hydroxylation is 1. The summed E-state index contributed by atoms with van der Waals surface area (Å²) >= 11 is 3.45. The molecule has 1 aromatic rings. The van der Waals surface area contributed by atoms with Crippen molar-refractivity contribution in [3.8, 4) is 0 Å². The van der Waals surface area contributed by atoms with E-state index in [4.69, 9.17) is 5.73 Å². The van der Waals surface area contributed by atoms with Crippen LogP contribution in [0.1, 0.15) is 38.2 Å². The highest BCUT2D eigenvalue weighted by atomic mass is 79.9. The average molecular weight is 325 g/mol. The Morgan fingerprint density at radius 2 is 2.26 bits per heavy atom. The SMILES string of the molecule is CCc1cc(Br)ccc1NC(=O)C[C@@H]1CCC[C@H]1N. The number of nitrogens with two attached hydrogens (primary N) is 1. The summed E-state index contributed by atoms with van der Waals surface area (Å²) in [6.07, 6.45) is 4.72. The number of benzene rings is 1. The van der Waals surface area contributed by atoms with Crippen LogP contribution >= 0.6 is 15.9 Å². The number of hydrogen-bond donors (Lipinski definition) is 2. The minimum Gasteiger partial charge on any atom is -0.327 e. The van der Waals surface area contributed by atoms with Gasteiger partial charge in [-0.3, -0.25) is 4.79 Å². The molecule has 2 rings (SSSR count). The molecule has 0 radical (unpaired) electrons. The van der Waals surface area contributed by atoms with Gasteiger partial charge in [-0.15, -0.1) is 0 Å². The Morgan fingerprint density at radius 1 is 1.47 bits per heavy atom. The molecule has 0 aliphatic heterocycles. The van der Waals surface area contributed by atoms with Crippen molar-refractivity contribution in [3.63, 3.8) is 0 Å². The zero-order chi connectivity index (χ0) is 13.8. The second kappa shape index (κ2) is 6.53. The molecule has 0 unspecified atom stereocenters. The molecule has 1 fully saturated rings. The van der Waals surface area contributed by atoms with Gasteiger partial charge < -0.3 is 11.1 Å². The van der Waals surface area contributed by atoms with Crippen molar-refractivity contribution in [2.24, 2.45) is 11.7 Å². The molecule has 19 heavy (non-hydrogen) atoms. The van der Waals surface area contributed by atoms with Gasteiger partial charge in [-0.2, -0.15) is 0 Å². The summed E-state index contributed by atoms with van der Waals surface area (Å²) in [6.45, 7) is 2.09. The van der Waals surface area contributed by atoms with Gasteiger partial charge in [0, 0.05) is 22.6 Å². The van der Waals surface area contributed by atoms with Crippen molar-refractivity contribution in [1.29, 1.82) is 0 Å². The summed E-state index contributed by atoms with van der Waals surface area (Å²) in [6, 6.07) is 6.16. The molecule has 3 nitrogen and oxygen atoms in total. The van der Waals surface area contributed by atoms with Crippen LogP contribution in [0.4, 0.5) is 5.69 Å². The topological polar surface area (TPSA) is 55.1 Å². The van der Waals surface area contributed by atoms with E-state index in [9.17, 15) is 4.79 Å². The Labute approximate surface area is 123 Å². The van der Waals surface area contributed by atoms with E-state index in [1.807, 2.05) is 12.1 Å². The predicted molar refractivity (Wildman–Crippen MR) is 82.1 cm³/mol. The number of carbonyl (C=O) groups is 1. The highest BCUT2D eigenvalue weighted by Crippen LogP contribution is 2.28. The quantitative estimate of drug-likeness (QED) is 0.891. The number of hydrogen-bond acceptors (Lipinski definition) is 2. The molecular formula is C15H21BrN2O. The number of amides is 1. The first-order valence-corrected chi connectivity index (χ1v) is 7.73. The largest absolute Gasteiger partial charge is 0.327 e. The maximum absolute atomic E-state index is 12.1. The maximum Gasteiger partial charge on any atom is 0.224 e. The second-order valence-electron chi connectivity index (χ2n) is 5.26. The normalized spacial score (nSPS) is 22.5. The first-order valence-electron chi connectivity index (χ1n) is 6.94. The van der Waals surface area contributed by atoms with Gasteiger partial charge >= 0.3 is 0 Å². The maximum atomic E-state index is 12.1. The van der Waals surface area contributed by atoms with Crippen LogP contribution in [0.3, 0.4) is 0 Å². The Bertz CT molecular complexity index is 461. The van der Waals surface area contributed by atoms with Crippen LogP contribution in [0.15, 0.2) is 22.7 Å². The lowest BCUT2D eigenvalue weighted by Gasteiger charge is -2.16. The fourth-order valence-electron chi connectivity index (χ4n) is 2.74. The van der Waals surface area contributed by atoms with E-state index < -0.39 is 0 Å². The number of halogens is 1. The number of anilines is 1. The van der Waals surface area contributed by atoms with Crippen LogP contribution in [0.2, 0.25) is 0 Å². The minimum absolute atomic E-state index is 0.0828. The fourth-order valence-corrected chi connectivity index (χ4v) is 3.14. The van der Waals surface area contributed by atoms with E-state index in [2.05, 4.69) is 34.2 Å². The van der Waals surface area contributed by atoms with Gasteiger partial charge in [0.15, 0.2) is 0 Å². The minimum atomic E-state index is 0.0828. The highest BCUT2D eigenvalue weighted by Gasteiger charge is 2.26. The number of nitrogens with one attached hydrogen (secondary N) is 1. The Morgan fingerprint density at radius 3 is 2.89 bits per heavy atom. The van der Waals surface area contributed by atoms with E-state index >= 15 is 0 Å². The molecule has 1 saturated carbocycles. The van der Waals surface area contributed by atoms with E-state index in [1.165, 1.54) is 0 Å². The standard InChI is InChI=1S/C15H21BrN2O/c1-2-10-8-12(16)6-7-14(10)18-15(19)9-11-4-3-5-13(11)17/h6-8,11,13H,2-5,9,17H2,1H3,(H,18,19)/t11-,13+/m0/s1. The average Bonchev–Trinajstić information content (AvgIpc) is 2.77. The molecule has 4 heteroatoms. The molecule has 1 aliphatic rings. The third kappa shape index (κ3) is 3.80. The Hall–Kier alpha value is -0.870. The molecule has 1 amide bonds. The molecule has 0 aromatic heterocycles. The zero-order valence-electron chi connectivity index (χ0n) is 11.3. The van der Waals surface area contributed by atoms with Gasteiger partial charge in [0.25, 0.3) is 0 Å². The van der Waals surface area contributed by atoms with Crippen molar-refractivity contribution in [1.82, 2.24) is 0 Å². The van der Waals surface area contributed by atoms with Gasteiger partial charge in [0.2, 0.25) is 5.91 Å². The van der Waals surface area contributed by atoms with Crippen LogP contribution in [0.5, 0.6) is 0 Å². The molecule has 2 atom stereocenters. The third-order valence-electron chi connectivity index (χ3n) is 3.89. The summed E-state index contributed by atoms with van der Waals surface area (Å²) in [5.74, 6) is 0.430. The second-order valence-corrected chi connectivity index (χ2v) is 6.18. The number of carbonyl (C=O) groups excluding carboxylic acids is 1. The summed E-state index contributed by atoms with van der Waals surface area (Å²) < 4.78 is 1.04.